The van der Waals surface area contributed by atoms with Gasteiger partial charge in [0.05, 0.1) is 12.3 Å². The van der Waals surface area contributed by atoms with Crippen molar-refractivity contribution in [2.24, 2.45) is 0 Å². The standard InChI is InChI=1S/C15H21N5O/c1-11-10-12(2)20(18-11)15-7-6-14(16-17-15)19(8-9-21)13-4-3-5-13/h6-7,10,13,21H,3-5,8-9H2,1-2H3. The largest absolute Gasteiger partial charge is 0.395 e. The quantitative estimate of drug-likeness (QED) is 0.905. The molecule has 1 aliphatic rings. The van der Waals surface area contributed by atoms with Gasteiger partial charge in [0.25, 0.3) is 0 Å². The van der Waals surface area contributed by atoms with Crippen molar-refractivity contribution in [2.45, 2.75) is 39.2 Å². The van der Waals surface area contributed by atoms with E-state index in [1.54, 1.807) is 4.68 Å². The fourth-order valence-corrected chi connectivity index (χ4v) is 2.74. The molecule has 0 aliphatic heterocycles. The summed E-state index contributed by atoms with van der Waals surface area (Å²) in [4.78, 5) is 2.15. The summed E-state index contributed by atoms with van der Waals surface area (Å²) in [6.07, 6.45) is 3.59. The van der Waals surface area contributed by atoms with E-state index in [4.69, 9.17) is 0 Å². The summed E-state index contributed by atoms with van der Waals surface area (Å²) in [5, 5.41) is 22.3. The van der Waals surface area contributed by atoms with Crippen molar-refractivity contribution in [3.8, 4) is 5.82 Å². The molecule has 0 unspecified atom stereocenters. The zero-order valence-electron chi connectivity index (χ0n) is 12.5. The summed E-state index contributed by atoms with van der Waals surface area (Å²) in [6.45, 7) is 4.71. The van der Waals surface area contributed by atoms with Crippen LogP contribution in [0.25, 0.3) is 5.82 Å². The van der Waals surface area contributed by atoms with Crippen LogP contribution in [-0.2, 0) is 0 Å². The number of rotatable bonds is 5. The summed E-state index contributed by atoms with van der Waals surface area (Å²) in [5.41, 5.74) is 2.01. The summed E-state index contributed by atoms with van der Waals surface area (Å²) >= 11 is 0. The molecule has 0 radical (unpaired) electrons. The molecule has 6 heteroatoms. The minimum absolute atomic E-state index is 0.136. The zero-order chi connectivity index (χ0) is 14.8. The highest BCUT2D eigenvalue weighted by Crippen LogP contribution is 2.28. The molecule has 112 valence electrons. The van der Waals surface area contributed by atoms with Crippen LogP contribution in [0.5, 0.6) is 0 Å². The van der Waals surface area contributed by atoms with Crippen molar-refractivity contribution >= 4 is 5.82 Å². The molecule has 0 aromatic carbocycles. The van der Waals surface area contributed by atoms with Crippen LogP contribution in [0, 0.1) is 13.8 Å². The molecule has 3 rings (SSSR count). The number of hydrogen-bond donors (Lipinski definition) is 1. The van der Waals surface area contributed by atoms with Gasteiger partial charge in [0.2, 0.25) is 0 Å². The Hall–Kier alpha value is -1.95. The molecule has 0 bridgehead atoms. The van der Waals surface area contributed by atoms with Crippen LogP contribution in [-0.4, -0.2) is 44.3 Å². The predicted octanol–water partition coefficient (Wildman–Crippen LogP) is 1.63. The second-order valence-corrected chi connectivity index (χ2v) is 5.59. The van der Waals surface area contributed by atoms with Crippen LogP contribution < -0.4 is 4.90 Å². The molecule has 0 saturated heterocycles. The Morgan fingerprint density at radius 1 is 1.29 bits per heavy atom. The van der Waals surface area contributed by atoms with Crippen molar-refractivity contribution in [2.75, 3.05) is 18.1 Å². The Kier molecular flexibility index (Phi) is 3.88. The first-order valence-corrected chi connectivity index (χ1v) is 7.44. The first-order chi connectivity index (χ1) is 10.2. The topological polar surface area (TPSA) is 67.1 Å². The van der Waals surface area contributed by atoms with E-state index in [2.05, 4.69) is 20.2 Å². The first-order valence-electron chi connectivity index (χ1n) is 7.44. The van der Waals surface area contributed by atoms with Crippen molar-refractivity contribution in [1.29, 1.82) is 0 Å². The third-order valence-electron chi connectivity index (χ3n) is 4.01. The Morgan fingerprint density at radius 3 is 2.57 bits per heavy atom. The molecule has 1 N–H and O–H groups in total. The molecule has 1 fully saturated rings. The molecule has 21 heavy (non-hydrogen) atoms. The summed E-state index contributed by atoms with van der Waals surface area (Å²) in [7, 11) is 0. The van der Waals surface area contributed by atoms with Gasteiger partial charge in [0.1, 0.15) is 0 Å². The maximum absolute atomic E-state index is 9.23. The lowest BCUT2D eigenvalue weighted by atomic mass is 9.91. The van der Waals surface area contributed by atoms with Crippen molar-refractivity contribution in [1.82, 2.24) is 20.0 Å². The predicted molar refractivity (Wildman–Crippen MR) is 80.7 cm³/mol. The highest BCUT2D eigenvalue weighted by molar-refractivity contribution is 5.41. The SMILES string of the molecule is Cc1cc(C)n(-c2ccc(N(CCO)C3CCC3)nn2)n1. The molecule has 1 saturated carbocycles. The number of hydrogen-bond acceptors (Lipinski definition) is 5. The van der Waals surface area contributed by atoms with Gasteiger partial charge in [0, 0.05) is 18.3 Å². The number of aryl methyl sites for hydroxylation is 2. The lowest BCUT2D eigenvalue weighted by Crippen LogP contribution is -2.42. The number of aromatic nitrogens is 4. The Labute approximate surface area is 124 Å². The van der Waals surface area contributed by atoms with Crippen molar-refractivity contribution < 1.29 is 5.11 Å². The van der Waals surface area contributed by atoms with Gasteiger partial charge < -0.3 is 10.0 Å². The molecular formula is C15H21N5O. The lowest BCUT2D eigenvalue weighted by molar-refractivity contribution is 0.282. The van der Waals surface area contributed by atoms with E-state index in [9.17, 15) is 5.11 Å². The Balaban J connectivity index is 1.84. The van der Waals surface area contributed by atoms with E-state index < -0.39 is 0 Å². The molecule has 2 aromatic rings. The van der Waals surface area contributed by atoms with Gasteiger partial charge in [0.15, 0.2) is 11.6 Å². The van der Waals surface area contributed by atoms with Crippen LogP contribution in [0.4, 0.5) is 5.82 Å². The van der Waals surface area contributed by atoms with Gasteiger partial charge in [-0.15, -0.1) is 10.2 Å². The fourth-order valence-electron chi connectivity index (χ4n) is 2.74. The minimum Gasteiger partial charge on any atom is -0.395 e. The Bertz CT molecular complexity index is 603. The highest BCUT2D eigenvalue weighted by Gasteiger charge is 2.25. The summed E-state index contributed by atoms with van der Waals surface area (Å²) < 4.78 is 1.80. The van der Waals surface area contributed by atoms with Gasteiger partial charge in [-0.2, -0.15) is 5.10 Å². The molecular weight excluding hydrogens is 266 g/mol. The van der Waals surface area contributed by atoms with Gasteiger partial charge >= 0.3 is 0 Å². The fraction of sp³-hybridized carbons (Fsp3) is 0.533. The average molecular weight is 287 g/mol. The maximum atomic E-state index is 9.23. The number of aliphatic hydroxyl groups is 1. The van der Waals surface area contributed by atoms with E-state index in [0.717, 1.165) is 23.0 Å². The van der Waals surface area contributed by atoms with Gasteiger partial charge in [-0.3, -0.25) is 0 Å². The minimum atomic E-state index is 0.136. The van der Waals surface area contributed by atoms with E-state index in [1.807, 2.05) is 32.0 Å². The van der Waals surface area contributed by atoms with Crippen LogP contribution in [0.3, 0.4) is 0 Å². The second kappa shape index (κ2) is 5.81. The van der Waals surface area contributed by atoms with Crippen molar-refractivity contribution in [3.63, 3.8) is 0 Å². The normalized spacial score (nSPS) is 15.0. The monoisotopic (exact) mass is 287 g/mol. The van der Waals surface area contributed by atoms with Gasteiger partial charge in [-0.25, -0.2) is 4.68 Å². The summed E-state index contributed by atoms with van der Waals surface area (Å²) in [5.74, 6) is 1.56. The number of anilines is 1. The number of nitrogens with zero attached hydrogens (tertiary/aromatic N) is 5. The molecule has 0 atom stereocenters. The molecule has 1 aliphatic carbocycles. The smallest absolute Gasteiger partial charge is 0.176 e. The first kappa shape index (κ1) is 14.0. The van der Waals surface area contributed by atoms with Crippen LogP contribution >= 0.6 is 0 Å². The van der Waals surface area contributed by atoms with Gasteiger partial charge in [-0.05, 0) is 51.3 Å². The van der Waals surface area contributed by atoms with E-state index in [0.29, 0.717) is 12.6 Å². The van der Waals surface area contributed by atoms with Crippen LogP contribution in [0.1, 0.15) is 30.7 Å². The third-order valence-corrected chi connectivity index (χ3v) is 4.01. The molecule has 0 spiro atoms. The van der Waals surface area contributed by atoms with E-state index in [1.165, 1.54) is 19.3 Å². The molecule has 2 aromatic heterocycles. The average Bonchev–Trinajstić information content (AvgIpc) is 2.75. The highest BCUT2D eigenvalue weighted by atomic mass is 16.3. The number of aliphatic hydroxyl groups excluding tert-OH is 1. The van der Waals surface area contributed by atoms with Gasteiger partial charge in [-0.1, -0.05) is 0 Å². The zero-order valence-corrected chi connectivity index (χ0v) is 12.5. The molecule has 6 nitrogen and oxygen atoms in total. The molecule has 0 amide bonds. The van der Waals surface area contributed by atoms with E-state index >= 15 is 0 Å². The third kappa shape index (κ3) is 2.76. The summed E-state index contributed by atoms with van der Waals surface area (Å²) in [6, 6.07) is 6.41. The van der Waals surface area contributed by atoms with Crippen molar-refractivity contribution in [3.05, 3.63) is 29.6 Å². The van der Waals surface area contributed by atoms with E-state index in [-0.39, 0.29) is 6.61 Å². The second-order valence-electron chi connectivity index (χ2n) is 5.59. The van der Waals surface area contributed by atoms with Crippen LogP contribution in [0.2, 0.25) is 0 Å². The Morgan fingerprint density at radius 2 is 2.10 bits per heavy atom. The maximum Gasteiger partial charge on any atom is 0.176 e. The molecule has 2 heterocycles. The lowest BCUT2D eigenvalue weighted by Gasteiger charge is -2.37. The van der Waals surface area contributed by atoms with Crippen LogP contribution in [0.15, 0.2) is 18.2 Å².